The monoisotopic (exact) mass is 467 g/mol. The third kappa shape index (κ3) is 10.6. The molecule has 0 aliphatic carbocycles. The highest BCUT2D eigenvalue weighted by molar-refractivity contribution is 7.85. The molecule has 1 fully saturated rings. The van der Waals surface area contributed by atoms with Crippen LogP contribution in [0.2, 0.25) is 5.15 Å². The molecule has 1 aliphatic rings. The van der Waals surface area contributed by atoms with Gasteiger partial charge < -0.3 is 24.3 Å². The van der Waals surface area contributed by atoms with Gasteiger partial charge in [-0.3, -0.25) is 9.11 Å². The molecule has 2 heterocycles. The predicted molar refractivity (Wildman–Crippen MR) is 115 cm³/mol. The van der Waals surface area contributed by atoms with Crippen LogP contribution in [0, 0.1) is 0 Å². The van der Waals surface area contributed by atoms with Crippen molar-refractivity contribution in [2.24, 2.45) is 0 Å². The van der Waals surface area contributed by atoms with Gasteiger partial charge in [-0.05, 0) is 7.05 Å². The summed E-state index contributed by atoms with van der Waals surface area (Å²) in [7, 11) is 1.20. The fraction of sp³-hybridized carbons (Fsp3) is 0.889. The van der Waals surface area contributed by atoms with Gasteiger partial charge in [-0.1, -0.05) is 16.8 Å². The Morgan fingerprint density at radius 1 is 0.967 bits per heavy atom. The maximum Gasteiger partial charge on any atom is 0.151 e. The van der Waals surface area contributed by atoms with Crippen molar-refractivity contribution in [3.63, 3.8) is 0 Å². The van der Waals surface area contributed by atoms with Crippen LogP contribution in [0.15, 0.2) is 0 Å². The first-order valence-electron chi connectivity index (χ1n) is 10.3. The molecule has 1 aromatic rings. The number of halogens is 1. The van der Waals surface area contributed by atoms with E-state index >= 15 is 0 Å². The van der Waals surface area contributed by atoms with Crippen LogP contribution in [0.3, 0.4) is 0 Å². The molecule has 12 heteroatoms. The molecule has 0 aromatic carbocycles. The van der Waals surface area contributed by atoms with Gasteiger partial charge in [-0.2, -0.15) is 0 Å². The molecule has 1 aromatic heterocycles. The maximum absolute atomic E-state index is 11.4. The van der Waals surface area contributed by atoms with Crippen LogP contribution in [0.1, 0.15) is 5.69 Å². The zero-order chi connectivity index (χ0) is 21.4. The van der Waals surface area contributed by atoms with Crippen LogP contribution in [-0.4, -0.2) is 115 Å². The van der Waals surface area contributed by atoms with Crippen molar-refractivity contribution in [1.29, 1.82) is 0 Å². The molecular formula is C18H34ClN5O5S. The van der Waals surface area contributed by atoms with Crippen LogP contribution in [0.25, 0.3) is 0 Å². The lowest BCUT2D eigenvalue weighted by atomic mass is 10.4. The van der Waals surface area contributed by atoms with Gasteiger partial charge in [0.1, 0.15) is 5.69 Å². The van der Waals surface area contributed by atoms with E-state index < -0.39 is 10.8 Å². The molecule has 1 aliphatic heterocycles. The Morgan fingerprint density at radius 2 is 1.53 bits per heavy atom. The molecule has 2 rings (SSSR count). The van der Waals surface area contributed by atoms with E-state index in [4.69, 9.17) is 30.5 Å². The number of aromatic nitrogens is 3. The van der Waals surface area contributed by atoms with Gasteiger partial charge >= 0.3 is 0 Å². The zero-order valence-electron chi connectivity index (χ0n) is 17.7. The number of nitrogens with one attached hydrogen (secondary N) is 1. The molecule has 174 valence electrons. The number of hydrogen-bond acceptors (Lipinski definition) is 9. The molecule has 10 nitrogen and oxygen atoms in total. The number of nitrogens with zero attached hydrogens (tertiary/aromatic N) is 4. The fourth-order valence-electron chi connectivity index (χ4n) is 2.71. The summed E-state index contributed by atoms with van der Waals surface area (Å²) >= 11 is 6.38. The van der Waals surface area contributed by atoms with Crippen LogP contribution < -0.4 is 5.32 Å². The summed E-state index contributed by atoms with van der Waals surface area (Å²) < 4.78 is 34.9. The van der Waals surface area contributed by atoms with Crippen molar-refractivity contribution in [2.75, 3.05) is 91.0 Å². The predicted octanol–water partition coefficient (Wildman–Crippen LogP) is -0.218. The minimum atomic E-state index is -0.688. The fourth-order valence-corrected chi connectivity index (χ4v) is 4.05. The molecule has 0 bridgehead atoms. The molecule has 0 radical (unpaired) electrons. The third-order valence-electron chi connectivity index (χ3n) is 4.44. The molecule has 0 saturated carbocycles. The number of rotatable bonds is 17. The summed E-state index contributed by atoms with van der Waals surface area (Å²) in [5.41, 5.74) is 0.750. The largest absolute Gasteiger partial charge is 0.378 e. The summed E-state index contributed by atoms with van der Waals surface area (Å²) in [5, 5.41) is 11.8. The highest BCUT2D eigenvalue weighted by Gasteiger charge is 2.19. The van der Waals surface area contributed by atoms with Crippen LogP contribution in [0.5, 0.6) is 0 Å². The average molecular weight is 468 g/mol. The van der Waals surface area contributed by atoms with Gasteiger partial charge in [0.05, 0.1) is 59.4 Å². The smallest absolute Gasteiger partial charge is 0.151 e. The van der Waals surface area contributed by atoms with Gasteiger partial charge in [-0.25, -0.2) is 4.68 Å². The van der Waals surface area contributed by atoms with E-state index in [0.717, 1.165) is 25.3 Å². The lowest BCUT2D eigenvalue weighted by Gasteiger charge is -2.25. The van der Waals surface area contributed by atoms with Crippen molar-refractivity contribution in [3.8, 4) is 0 Å². The lowest BCUT2D eigenvalue weighted by molar-refractivity contribution is -0.00234. The highest BCUT2D eigenvalue weighted by atomic mass is 35.5. The Bertz CT molecular complexity index is 600. The standard InChI is InChI=1S/C18H34ClN5O5S/c1-20-2-6-26-8-10-28-12-13-29-11-9-27-7-3-24-18(19)17(21-22-24)16-23-4-14-30(25)15-5-23/h20H,2-16H2,1H3. The molecule has 0 spiro atoms. The topological polar surface area (TPSA) is 100.0 Å². The van der Waals surface area contributed by atoms with Gasteiger partial charge in [0, 0.05) is 48.5 Å². The normalized spacial score (nSPS) is 15.8. The maximum atomic E-state index is 11.4. The number of ether oxygens (including phenoxy) is 4. The first-order valence-corrected chi connectivity index (χ1v) is 12.2. The number of likely N-dealkylation sites (N-methyl/N-ethyl adjacent to an activating group) is 1. The van der Waals surface area contributed by atoms with E-state index in [1.807, 2.05) is 7.05 Å². The van der Waals surface area contributed by atoms with Crippen molar-refractivity contribution in [3.05, 3.63) is 10.8 Å². The Morgan fingerprint density at radius 3 is 2.13 bits per heavy atom. The van der Waals surface area contributed by atoms with Crippen molar-refractivity contribution in [2.45, 2.75) is 13.1 Å². The summed E-state index contributed by atoms with van der Waals surface area (Å²) in [6.07, 6.45) is 0. The molecule has 1 N–H and O–H groups in total. The first kappa shape index (κ1) is 25.6. The quantitative estimate of drug-likeness (QED) is 0.312. The van der Waals surface area contributed by atoms with E-state index in [0.29, 0.717) is 82.6 Å². The highest BCUT2D eigenvalue weighted by Crippen LogP contribution is 2.16. The SMILES string of the molecule is CNCCOCCOCCOCCOCCn1nnc(CN2CCS(=O)CC2)c1Cl. The van der Waals surface area contributed by atoms with E-state index in [2.05, 4.69) is 20.5 Å². The second-order valence-electron chi connectivity index (χ2n) is 6.73. The minimum Gasteiger partial charge on any atom is -0.378 e. The van der Waals surface area contributed by atoms with E-state index in [1.54, 1.807) is 4.68 Å². The van der Waals surface area contributed by atoms with Crippen LogP contribution in [-0.2, 0) is 42.8 Å². The van der Waals surface area contributed by atoms with Gasteiger partial charge in [0.2, 0.25) is 0 Å². The zero-order valence-corrected chi connectivity index (χ0v) is 19.3. The second kappa shape index (κ2) is 16.0. The van der Waals surface area contributed by atoms with Crippen molar-refractivity contribution < 1.29 is 23.2 Å². The summed E-state index contributed by atoms with van der Waals surface area (Å²) in [6.45, 7) is 8.03. The van der Waals surface area contributed by atoms with Crippen molar-refractivity contribution in [1.82, 2.24) is 25.2 Å². The minimum absolute atomic E-state index is 0.481. The Balaban J connectivity index is 1.44. The summed E-state index contributed by atoms with van der Waals surface area (Å²) in [5.74, 6) is 1.42. The second-order valence-corrected chi connectivity index (χ2v) is 8.78. The lowest BCUT2D eigenvalue weighted by Crippen LogP contribution is -2.37. The summed E-state index contributed by atoms with van der Waals surface area (Å²) in [4.78, 5) is 2.20. The molecular weight excluding hydrogens is 434 g/mol. The molecule has 0 amide bonds. The number of hydrogen-bond donors (Lipinski definition) is 1. The molecule has 30 heavy (non-hydrogen) atoms. The van der Waals surface area contributed by atoms with E-state index in [-0.39, 0.29) is 0 Å². The van der Waals surface area contributed by atoms with Crippen LogP contribution >= 0.6 is 11.6 Å². The van der Waals surface area contributed by atoms with Crippen LogP contribution in [0.4, 0.5) is 0 Å². The molecule has 0 unspecified atom stereocenters. The first-order chi connectivity index (χ1) is 14.7. The van der Waals surface area contributed by atoms with Crippen molar-refractivity contribution >= 4 is 22.4 Å². The Kier molecular flexibility index (Phi) is 13.7. The molecule has 1 saturated heterocycles. The average Bonchev–Trinajstić information content (AvgIpc) is 3.09. The van der Waals surface area contributed by atoms with Gasteiger partial charge in [0.25, 0.3) is 0 Å². The van der Waals surface area contributed by atoms with Gasteiger partial charge in [-0.15, -0.1) is 5.10 Å². The van der Waals surface area contributed by atoms with E-state index in [9.17, 15) is 4.21 Å². The third-order valence-corrected chi connectivity index (χ3v) is 6.13. The molecule has 0 atom stereocenters. The Labute approximate surface area is 186 Å². The van der Waals surface area contributed by atoms with E-state index in [1.165, 1.54) is 0 Å². The Hall–Kier alpha value is -0.660. The summed E-state index contributed by atoms with van der Waals surface area (Å²) in [6, 6.07) is 0. The van der Waals surface area contributed by atoms with Gasteiger partial charge in [0.15, 0.2) is 5.15 Å².